The maximum Gasteiger partial charge on any atom is 0.0574 e. The normalized spacial score (nSPS) is 14.2. The molecule has 0 fully saturated rings. The predicted molar refractivity (Wildman–Crippen MR) is 78.8 cm³/mol. The van der Waals surface area contributed by atoms with Crippen LogP contribution in [0.1, 0.15) is 25.5 Å². The average molecular weight is 265 g/mol. The SMILES string of the molecule is C#CCNCC(C)N(C)C(C)c1ccccc1Cl. The number of likely N-dealkylation sites (N-methyl/N-ethyl adjacent to an activating group) is 1. The van der Waals surface area contributed by atoms with Crippen LogP contribution in [-0.4, -0.2) is 31.1 Å². The van der Waals surface area contributed by atoms with Crippen molar-refractivity contribution in [3.8, 4) is 12.3 Å². The van der Waals surface area contributed by atoms with Crippen LogP contribution in [-0.2, 0) is 0 Å². The van der Waals surface area contributed by atoms with Gasteiger partial charge in [0.15, 0.2) is 0 Å². The molecule has 0 aliphatic carbocycles. The Morgan fingerprint density at radius 3 is 2.67 bits per heavy atom. The predicted octanol–water partition coefficient (Wildman–Crippen LogP) is 2.94. The van der Waals surface area contributed by atoms with Crippen LogP contribution in [0.4, 0.5) is 0 Å². The average Bonchev–Trinajstić information content (AvgIpc) is 2.38. The van der Waals surface area contributed by atoms with Crippen LogP contribution in [0.25, 0.3) is 0 Å². The molecule has 2 atom stereocenters. The molecule has 1 rings (SSSR count). The molecule has 98 valence electrons. The molecular weight excluding hydrogens is 244 g/mol. The minimum atomic E-state index is 0.279. The number of halogens is 1. The number of hydrogen-bond acceptors (Lipinski definition) is 2. The molecule has 0 saturated carbocycles. The second-order valence-electron chi connectivity index (χ2n) is 4.55. The van der Waals surface area contributed by atoms with Crippen LogP contribution >= 0.6 is 11.6 Å². The van der Waals surface area contributed by atoms with E-state index in [1.54, 1.807) is 0 Å². The smallest absolute Gasteiger partial charge is 0.0574 e. The molecule has 3 heteroatoms. The largest absolute Gasteiger partial charge is 0.305 e. The minimum absolute atomic E-state index is 0.279. The number of benzene rings is 1. The summed E-state index contributed by atoms with van der Waals surface area (Å²) in [4.78, 5) is 2.30. The highest BCUT2D eigenvalue weighted by Gasteiger charge is 2.18. The quantitative estimate of drug-likeness (QED) is 0.628. The molecule has 1 aromatic carbocycles. The van der Waals surface area contributed by atoms with Crippen molar-refractivity contribution in [2.45, 2.75) is 25.9 Å². The Hall–Kier alpha value is -1.01. The third-order valence-electron chi connectivity index (χ3n) is 3.33. The fourth-order valence-corrected chi connectivity index (χ4v) is 2.21. The van der Waals surface area contributed by atoms with E-state index in [-0.39, 0.29) is 6.04 Å². The van der Waals surface area contributed by atoms with Gasteiger partial charge in [-0.05, 0) is 32.5 Å². The summed E-state index contributed by atoms with van der Waals surface area (Å²) < 4.78 is 0. The lowest BCUT2D eigenvalue weighted by Gasteiger charge is -2.31. The zero-order valence-corrected chi connectivity index (χ0v) is 12.0. The highest BCUT2D eigenvalue weighted by molar-refractivity contribution is 6.31. The topological polar surface area (TPSA) is 15.3 Å². The second kappa shape index (κ2) is 7.43. The van der Waals surface area contributed by atoms with E-state index in [2.05, 4.69) is 43.1 Å². The number of terminal acetylenes is 1. The van der Waals surface area contributed by atoms with Gasteiger partial charge in [0, 0.05) is 23.7 Å². The molecule has 0 amide bonds. The van der Waals surface area contributed by atoms with E-state index in [1.165, 1.54) is 0 Å². The summed E-state index contributed by atoms with van der Waals surface area (Å²) in [6.45, 7) is 5.82. The molecule has 0 heterocycles. The van der Waals surface area contributed by atoms with Crippen LogP contribution in [0.2, 0.25) is 5.02 Å². The van der Waals surface area contributed by atoms with E-state index >= 15 is 0 Å². The summed E-state index contributed by atoms with van der Waals surface area (Å²) in [6.07, 6.45) is 5.22. The Morgan fingerprint density at radius 2 is 2.06 bits per heavy atom. The number of rotatable bonds is 6. The summed E-state index contributed by atoms with van der Waals surface area (Å²) in [6, 6.07) is 8.66. The van der Waals surface area contributed by atoms with Crippen LogP contribution in [0.3, 0.4) is 0 Å². The molecule has 0 bridgehead atoms. The lowest BCUT2D eigenvalue weighted by molar-refractivity contribution is 0.194. The zero-order chi connectivity index (χ0) is 13.5. The number of hydrogen-bond donors (Lipinski definition) is 1. The Kier molecular flexibility index (Phi) is 6.21. The summed E-state index contributed by atoms with van der Waals surface area (Å²) in [7, 11) is 2.11. The Balaban J connectivity index is 2.63. The second-order valence-corrected chi connectivity index (χ2v) is 4.95. The number of nitrogens with zero attached hydrogens (tertiary/aromatic N) is 1. The maximum atomic E-state index is 6.23. The molecule has 0 radical (unpaired) electrons. The van der Waals surface area contributed by atoms with Gasteiger partial charge in [-0.2, -0.15) is 0 Å². The number of nitrogens with one attached hydrogen (secondary N) is 1. The van der Waals surface area contributed by atoms with Crippen LogP contribution < -0.4 is 5.32 Å². The first-order valence-electron chi connectivity index (χ1n) is 6.18. The zero-order valence-electron chi connectivity index (χ0n) is 11.3. The van der Waals surface area contributed by atoms with Crippen LogP contribution in [0, 0.1) is 12.3 Å². The Morgan fingerprint density at radius 1 is 1.39 bits per heavy atom. The van der Waals surface area contributed by atoms with Gasteiger partial charge < -0.3 is 5.32 Å². The minimum Gasteiger partial charge on any atom is -0.305 e. The first-order chi connectivity index (χ1) is 8.57. The molecule has 0 saturated heterocycles. The molecule has 2 nitrogen and oxygen atoms in total. The van der Waals surface area contributed by atoms with Gasteiger partial charge in [0.1, 0.15) is 0 Å². The van der Waals surface area contributed by atoms with Crippen molar-refractivity contribution in [3.05, 3.63) is 34.9 Å². The van der Waals surface area contributed by atoms with Crippen molar-refractivity contribution >= 4 is 11.6 Å². The molecule has 0 aromatic heterocycles. The Bertz CT molecular complexity index is 411. The molecule has 18 heavy (non-hydrogen) atoms. The summed E-state index contributed by atoms with van der Waals surface area (Å²) in [5.74, 6) is 2.58. The van der Waals surface area contributed by atoms with Gasteiger partial charge in [-0.25, -0.2) is 0 Å². The highest BCUT2D eigenvalue weighted by Crippen LogP contribution is 2.27. The van der Waals surface area contributed by atoms with Gasteiger partial charge >= 0.3 is 0 Å². The van der Waals surface area contributed by atoms with E-state index in [0.717, 1.165) is 17.1 Å². The molecule has 2 unspecified atom stereocenters. The van der Waals surface area contributed by atoms with Crippen LogP contribution in [0.15, 0.2) is 24.3 Å². The highest BCUT2D eigenvalue weighted by atomic mass is 35.5. The first kappa shape index (κ1) is 15.0. The molecule has 1 aromatic rings. The summed E-state index contributed by atoms with van der Waals surface area (Å²) >= 11 is 6.23. The van der Waals surface area contributed by atoms with E-state index in [1.807, 2.05) is 18.2 Å². The lowest BCUT2D eigenvalue weighted by atomic mass is 10.1. The van der Waals surface area contributed by atoms with Crippen molar-refractivity contribution in [1.82, 2.24) is 10.2 Å². The van der Waals surface area contributed by atoms with Gasteiger partial charge in [-0.15, -0.1) is 6.42 Å². The summed E-state index contributed by atoms with van der Waals surface area (Å²) in [5, 5.41) is 4.05. The lowest BCUT2D eigenvalue weighted by Crippen LogP contribution is -2.39. The van der Waals surface area contributed by atoms with Crippen molar-refractivity contribution in [3.63, 3.8) is 0 Å². The molecule has 1 N–H and O–H groups in total. The first-order valence-corrected chi connectivity index (χ1v) is 6.56. The van der Waals surface area contributed by atoms with Crippen LogP contribution in [0.5, 0.6) is 0 Å². The molecular formula is C15H21ClN2. The van der Waals surface area contributed by atoms with Gasteiger partial charge in [-0.3, -0.25) is 4.90 Å². The van der Waals surface area contributed by atoms with Crippen molar-refractivity contribution in [2.75, 3.05) is 20.1 Å². The maximum absolute atomic E-state index is 6.23. The van der Waals surface area contributed by atoms with E-state index in [0.29, 0.717) is 12.6 Å². The van der Waals surface area contributed by atoms with E-state index < -0.39 is 0 Å². The molecule has 0 aliphatic rings. The Labute approximate surface area is 115 Å². The third-order valence-corrected chi connectivity index (χ3v) is 3.67. The third kappa shape index (κ3) is 4.03. The van der Waals surface area contributed by atoms with Crippen molar-refractivity contribution in [1.29, 1.82) is 0 Å². The van der Waals surface area contributed by atoms with Gasteiger partial charge in [0.25, 0.3) is 0 Å². The fourth-order valence-electron chi connectivity index (χ4n) is 1.91. The standard InChI is InChI=1S/C15H21ClN2/c1-5-10-17-11-12(2)18(4)13(3)14-8-6-7-9-15(14)16/h1,6-9,12-13,17H,10-11H2,2-4H3. The fraction of sp³-hybridized carbons (Fsp3) is 0.467. The van der Waals surface area contributed by atoms with E-state index in [4.69, 9.17) is 18.0 Å². The monoisotopic (exact) mass is 264 g/mol. The summed E-state index contributed by atoms with van der Waals surface area (Å²) in [5.41, 5.74) is 1.16. The molecule has 0 spiro atoms. The van der Waals surface area contributed by atoms with Gasteiger partial charge in [-0.1, -0.05) is 35.7 Å². The van der Waals surface area contributed by atoms with Gasteiger partial charge in [0.2, 0.25) is 0 Å². The van der Waals surface area contributed by atoms with E-state index in [9.17, 15) is 0 Å². The van der Waals surface area contributed by atoms with Gasteiger partial charge in [0.05, 0.1) is 6.54 Å². The molecule has 0 aliphatic heterocycles. The van der Waals surface area contributed by atoms with Crippen molar-refractivity contribution < 1.29 is 0 Å². The van der Waals surface area contributed by atoms with Crippen molar-refractivity contribution in [2.24, 2.45) is 0 Å².